The van der Waals surface area contributed by atoms with Crippen LogP contribution in [0.1, 0.15) is 97.3 Å². The summed E-state index contributed by atoms with van der Waals surface area (Å²) < 4.78 is 0. The summed E-state index contributed by atoms with van der Waals surface area (Å²) >= 11 is 0. The number of rotatable bonds is 4. The van der Waals surface area contributed by atoms with E-state index in [9.17, 15) is 4.79 Å². The van der Waals surface area contributed by atoms with Crippen LogP contribution in [0.2, 0.25) is 0 Å². The molecule has 1 aromatic rings. The van der Waals surface area contributed by atoms with E-state index in [1.54, 1.807) is 0 Å². The highest BCUT2D eigenvalue weighted by molar-refractivity contribution is 5.48. The van der Waals surface area contributed by atoms with E-state index in [0.717, 1.165) is 6.29 Å². The van der Waals surface area contributed by atoms with Gasteiger partial charge in [0.05, 0.1) is 0 Å². The number of hydrogen-bond acceptors (Lipinski definition) is 1. The molecule has 0 aliphatic rings. The zero-order valence-corrected chi connectivity index (χ0v) is 17.8. The lowest BCUT2D eigenvalue weighted by atomic mass is 10.1. The summed E-state index contributed by atoms with van der Waals surface area (Å²) in [7, 11) is 0. The van der Waals surface area contributed by atoms with Crippen LogP contribution in [0.25, 0.3) is 0 Å². The second kappa shape index (κ2) is 29.0. The van der Waals surface area contributed by atoms with Crippen LogP contribution in [-0.4, -0.2) is 6.29 Å². The second-order valence-electron chi connectivity index (χ2n) is 4.80. The monoisotopic (exact) mass is 324 g/mol. The molecule has 1 heteroatoms. The Bertz CT molecular complexity index is 291. The Kier molecular flexibility index (Phi) is 37.6. The van der Waals surface area contributed by atoms with Gasteiger partial charge in [-0.15, -0.1) is 0 Å². The molecule has 0 aromatic heterocycles. The Balaban J connectivity index is -0.000000113. The summed E-state index contributed by atoms with van der Waals surface area (Å²) in [4.78, 5) is 9.17. The van der Waals surface area contributed by atoms with Gasteiger partial charge in [0.15, 0.2) is 0 Å². The average Bonchev–Trinajstić information content (AvgIpc) is 2.62. The van der Waals surface area contributed by atoms with Gasteiger partial charge in [-0.2, -0.15) is 0 Å². The second-order valence-corrected chi connectivity index (χ2v) is 4.80. The molecule has 1 aromatic carbocycles. The number of carbonyl (C=O) groups is 1. The van der Waals surface area contributed by atoms with Crippen molar-refractivity contribution in [3.63, 3.8) is 0 Å². The molecule has 0 aliphatic carbocycles. The van der Waals surface area contributed by atoms with Crippen LogP contribution >= 0.6 is 0 Å². The third-order valence-corrected chi connectivity index (χ3v) is 3.00. The number of unbranched alkanes of at least 4 members (excludes halogenated alkanes) is 3. The molecule has 0 atom stereocenters. The maximum atomic E-state index is 9.17. The van der Waals surface area contributed by atoms with Crippen LogP contribution in [0.15, 0.2) is 18.2 Å². The predicted molar refractivity (Wildman–Crippen MR) is 110 cm³/mol. The number of benzene rings is 1. The fraction of sp³-hybridized carbons (Fsp3) is 0.682. The van der Waals surface area contributed by atoms with Gasteiger partial charge < -0.3 is 4.79 Å². The molecule has 0 spiro atoms. The third-order valence-electron chi connectivity index (χ3n) is 3.00. The Labute approximate surface area is 147 Å². The minimum Gasteiger partial charge on any atom is -0.303 e. The highest BCUT2D eigenvalue weighted by Crippen LogP contribution is 2.09. The van der Waals surface area contributed by atoms with E-state index >= 15 is 0 Å². The van der Waals surface area contributed by atoms with Crippen LogP contribution in [0.4, 0.5) is 0 Å². The summed E-state index contributed by atoms with van der Waals surface area (Å²) in [6.07, 6.45) is 7.05. The largest absolute Gasteiger partial charge is 0.303 e. The summed E-state index contributed by atoms with van der Waals surface area (Å²) in [5.74, 6) is 0. The Morgan fingerprint density at radius 1 is 0.783 bits per heavy atom. The van der Waals surface area contributed by atoms with Gasteiger partial charge in [0.1, 0.15) is 6.29 Å². The van der Waals surface area contributed by atoms with E-state index < -0.39 is 0 Å². The van der Waals surface area contributed by atoms with Crippen LogP contribution in [0.5, 0.6) is 0 Å². The molecule has 0 N–H and O–H groups in total. The van der Waals surface area contributed by atoms with E-state index in [1.165, 1.54) is 42.4 Å². The van der Waals surface area contributed by atoms with Gasteiger partial charge in [-0.05, 0) is 37.5 Å². The van der Waals surface area contributed by atoms with E-state index in [1.807, 2.05) is 34.6 Å². The van der Waals surface area contributed by atoms with E-state index in [0.29, 0.717) is 6.42 Å². The SMILES string of the molecule is CC.CC.CCC=O.CCCCCC.Cc1cccc(C)c1C. The van der Waals surface area contributed by atoms with Crippen LogP contribution < -0.4 is 0 Å². The lowest BCUT2D eigenvalue weighted by molar-refractivity contribution is -0.107. The molecule has 138 valence electrons. The van der Waals surface area contributed by atoms with Crippen molar-refractivity contribution in [1.29, 1.82) is 0 Å². The normalized spacial score (nSPS) is 7.74. The molecule has 0 amide bonds. The van der Waals surface area contributed by atoms with E-state index in [-0.39, 0.29) is 0 Å². The minimum atomic E-state index is 0.639. The fourth-order valence-corrected chi connectivity index (χ4v) is 1.40. The van der Waals surface area contributed by atoms with Gasteiger partial charge in [-0.3, -0.25) is 0 Å². The maximum Gasteiger partial charge on any atom is 0.119 e. The Hall–Kier alpha value is -1.11. The van der Waals surface area contributed by atoms with Crippen molar-refractivity contribution in [1.82, 2.24) is 0 Å². The lowest BCUT2D eigenvalue weighted by Crippen LogP contribution is -1.82. The number of aryl methyl sites for hydroxylation is 2. The van der Waals surface area contributed by atoms with Gasteiger partial charge in [0.2, 0.25) is 0 Å². The first-order valence-electron chi connectivity index (χ1n) is 9.51. The van der Waals surface area contributed by atoms with Crippen molar-refractivity contribution >= 4 is 6.29 Å². The Morgan fingerprint density at radius 3 is 1.26 bits per heavy atom. The topological polar surface area (TPSA) is 17.1 Å². The van der Waals surface area contributed by atoms with Gasteiger partial charge in [-0.1, -0.05) is 92.3 Å². The molecule has 0 bridgehead atoms. The molecular formula is C22H44O. The summed E-state index contributed by atoms with van der Waals surface area (Å²) in [5.41, 5.74) is 4.18. The molecule has 0 aliphatic heterocycles. The minimum absolute atomic E-state index is 0.639. The number of carbonyl (C=O) groups excluding carboxylic acids is 1. The summed E-state index contributed by atoms with van der Waals surface area (Å²) in [5, 5.41) is 0. The van der Waals surface area contributed by atoms with Crippen LogP contribution in [0, 0.1) is 20.8 Å². The quantitative estimate of drug-likeness (QED) is 0.407. The highest BCUT2D eigenvalue weighted by atomic mass is 16.1. The Morgan fingerprint density at radius 2 is 1.09 bits per heavy atom. The zero-order valence-electron chi connectivity index (χ0n) is 17.8. The third kappa shape index (κ3) is 26.1. The standard InChI is InChI=1S/C9H12.C6H14.C3H6O.2C2H6/c1-7-5-4-6-8(2)9(7)3;1-3-5-6-4-2;1-2-3-4;2*1-2/h4-6H,1-3H3;3-6H2,1-2H3;3H,2H2,1H3;2*1-2H3. The molecule has 23 heavy (non-hydrogen) atoms. The van der Waals surface area contributed by atoms with Crippen LogP contribution in [0.3, 0.4) is 0 Å². The first-order valence-corrected chi connectivity index (χ1v) is 9.51. The van der Waals surface area contributed by atoms with Crippen molar-refractivity contribution < 1.29 is 4.79 Å². The van der Waals surface area contributed by atoms with Crippen molar-refractivity contribution in [2.75, 3.05) is 0 Å². The molecule has 0 saturated carbocycles. The van der Waals surface area contributed by atoms with Crippen molar-refractivity contribution in [2.45, 2.75) is 101 Å². The fourth-order valence-electron chi connectivity index (χ4n) is 1.40. The number of hydrogen-bond donors (Lipinski definition) is 0. The van der Waals surface area contributed by atoms with E-state index in [4.69, 9.17) is 0 Å². The molecule has 0 heterocycles. The first-order chi connectivity index (χ1) is 11.0. The molecule has 0 radical (unpaired) electrons. The molecule has 0 saturated heterocycles. The molecular weight excluding hydrogens is 280 g/mol. The molecule has 1 rings (SSSR count). The average molecular weight is 325 g/mol. The van der Waals surface area contributed by atoms with E-state index in [2.05, 4.69) is 52.8 Å². The summed E-state index contributed by atoms with van der Waals surface area (Å²) in [6, 6.07) is 6.38. The number of aldehydes is 1. The van der Waals surface area contributed by atoms with Crippen LogP contribution in [-0.2, 0) is 4.79 Å². The van der Waals surface area contributed by atoms with Gasteiger partial charge in [0, 0.05) is 6.42 Å². The van der Waals surface area contributed by atoms with Gasteiger partial charge >= 0.3 is 0 Å². The molecule has 0 fully saturated rings. The van der Waals surface area contributed by atoms with Gasteiger partial charge in [-0.25, -0.2) is 0 Å². The van der Waals surface area contributed by atoms with Crippen molar-refractivity contribution in [3.05, 3.63) is 34.9 Å². The first kappa shape index (κ1) is 29.8. The smallest absolute Gasteiger partial charge is 0.119 e. The molecule has 0 unspecified atom stereocenters. The lowest BCUT2D eigenvalue weighted by Gasteiger charge is -2.00. The van der Waals surface area contributed by atoms with Crippen molar-refractivity contribution in [3.8, 4) is 0 Å². The van der Waals surface area contributed by atoms with Gasteiger partial charge in [0.25, 0.3) is 0 Å². The maximum absolute atomic E-state index is 9.17. The van der Waals surface area contributed by atoms with Crippen molar-refractivity contribution in [2.24, 2.45) is 0 Å². The predicted octanol–water partition coefficient (Wildman–Crippen LogP) is 7.85. The molecule has 1 nitrogen and oxygen atoms in total. The highest BCUT2D eigenvalue weighted by Gasteiger charge is 1.91. The summed E-state index contributed by atoms with van der Waals surface area (Å²) in [6.45, 7) is 20.7. The zero-order chi connectivity index (χ0) is 19.1.